The van der Waals surface area contributed by atoms with Crippen LogP contribution < -0.4 is 10.3 Å². The molecule has 1 heterocycles. The average molecular weight is 469 g/mol. The fourth-order valence-electron chi connectivity index (χ4n) is 4.44. The normalized spacial score (nSPS) is 11.1. The first-order chi connectivity index (χ1) is 17.3. The molecular weight excluding hydrogens is 432 g/mol. The Morgan fingerprint density at radius 3 is 2.14 bits per heavy atom. The molecule has 3 aromatic carbocycles. The molecule has 0 radical (unpaired) electrons. The minimum absolute atomic E-state index is 0.0398. The fourth-order valence-corrected chi connectivity index (χ4v) is 4.44. The molecule has 0 amide bonds. The average Bonchev–Trinajstić information content (AvgIpc) is 2.91. The molecule has 0 spiro atoms. The minimum Gasteiger partial charge on any atom is -0.489 e. The van der Waals surface area contributed by atoms with Crippen molar-refractivity contribution in [1.29, 1.82) is 0 Å². The Morgan fingerprint density at radius 2 is 1.40 bits per heavy atom. The Morgan fingerprint density at radius 1 is 0.743 bits per heavy atom. The van der Waals surface area contributed by atoms with E-state index in [2.05, 4.69) is 19.1 Å². The molecule has 35 heavy (non-hydrogen) atoms. The van der Waals surface area contributed by atoms with E-state index >= 15 is 0 Å². The van der Waals surface area contributed by atoms with Gasteiger partial charge in [0, 0.05) is 12.1 Å². The number of hydrogen-bond donors (Lipinski definition) is 0. The molecule has 4 nitrogen and oxygen atoms in total. The second-order valence-electron chi connectivity index (χ2n) is 9.18. The van der Waals surface area contributed by atoms with Gasteiger partial charge in [-0.05, 0) is 48.4 Å². The van der Waals surface area contributed by atoms with Gasteiger partial charge in [0.1, 0.15) is 18.2 Å². The van der Waals surface area contributed by atoms with Crippen LogP contribution in [0.25, 0.3) is 22.3 Å². The lowest BCUT2D eigenvalue weighted by Gasteiger charge is -2.14. The topological polar surface area (TPSA) is 44.1 Å². The molecule has 4 heteroatoms. The van der Waals surface area contributed by atoms with Gasteiger partial charge in [0.15, 0.2) is 0 Å². The van der Waals surface area contributed by atoms with Crippen molar-refractivity contribution in [3.63, 3.8) is 0 Å². The van der Waals surface area contributed by atoms with Crippen LogP contribution in [0.4, 0.5) is 0 Å². The van der Waals surface area contributed by atoms with Crippen molar-refractivity contribution in [2.75, 3.05) is 0 Å². The zero-order valence-electron chi connectivity index (χ0n) is 20.8. The Balaban J connectivity index is 1.48. The van der Waals surface area contributed by atoms with Gasteiger partial charge in [0.2, 0.25) is 0 Å². The van der Waals surface area contributed by atoms with Crippen molar-refractivity contribution in [2.45, 2.75) is 71.4 Å². The van der Waals surface area contributed by atoms with E-state index < -0.39 is 0 Å². The lowest BCUT2D eigenvalue weighted by molar-refractivity contribution is 0.306. The summed E-state index contributed by atoms with van der Waals surface area (Å²) in [7, 11) is 0. The van der Waals surface area contributed by atoms with Crippen LogP contribution in [0.15, 0.2) is 83.7 Å². The van der Waals surface area contributed by atoms with Crippen molar-refractivity contribution in [2.24, 2.45) is 0 Å². The summed E-state index contributed by atoms with van der Waals surface area (Å²) in [6.45, 7) is 3.46. The Kier molecular flexibility index (Phi) is 9.11. The van der Waals surface area contributed by atoms with Gasteiger partial charge < -0.3 is 4.74 Å². The highest BCUT2D eigenvalue weighted by atomic mass is 16.5. The lowest BCUT2D eigenvalue weighted by Crippen LogP contribution is -2.23. The Hall–Kier alpha value is -3.40. The molecular formula is C31H36N2O2. The van der Waals surface area contributed by atoms with Gasteiger partial charge in [-0.3, -0.25) is 9.36 Å². The summed E-state index contributed by atoms with van der Waals surface area (Å²) in [5, 5.41) is 0.679. The summed E-state index contributed by atoms with van der Waals surface area (Å²) in [6.07, 6.45) is 9.88. The summed E-state index contributed by atoms with van der Waals surface area (Å²) in [5.74, 6) is 1.53. The second kappa shape index (κ2) is 12.9. The van der Waals surface area contributed by atoms with Crippen LogP contribution in [-0.4, -0.2) is 9.55 Å². The van der Waals surface area contributed by atoms with Gasteiger partial charge >= 0.3 is 0 Å². The Bertz CT molecular complexity index is 1250. The molecule has 0 bridgehead atoms. The minimum atomic E-state index is 0.0398. The smallest absolute Gasteiger partial charge is 0.261 e. The van der Waals surface area contributed by atoms with E-state index in [1.165, 1.54) is 38.5 Å². The van der Waals surface area contributed by atoms with Crippen LogP contribution >= 0.6 is 0 Å². The van der Waals surface area contributed by atoms with Gasteiger partial charge in [-0.15, -0.1) is 0 Å². The van der Waals surface area contributed by atoms with E-state index in [0.717, 1.165) is 41.1 Å². The summed E-state index contributed by atoms with van der Waals surface area (Å²) in [6, 6.07) is 25.7. The molecule has 0 saturated carbocycles. The Labute approximate surface area is 208 Å². The summed E-state index contributed by atoms with van der Waals surface area (Å²) in [4.78, 5) is 18.3. The number of para-hydroxylation sites is 1. The zero-order valence-corrected chi connectivity index (χ0v) is 20.8. The predicted molar refractivity (Wildman–Crippen MR) is 145 cm³/mol. The maximum atomic E-state index is 13.4. The van der Waals surface area contributed by atoms with E-state index in [0.29, 0.717) is 18.5 Å². The molecule has 0 saturated heterocycles. The van der Waals surface area contributed by atoms with E-state index in [-0.39, 0.29) is 5.56 Å². The maximum Gasteiger partial charge on any atom is 0.261 e. The third-order valence-corrected chi connectivity index (χ3v) is 6.46. The van der Waals surface area contributed by atoms with Gasteiger partial charge in [0.05, 0.1) is 10.9 Å². The number of aromatic nitrogens is 2. The van der Waals surface area contributed by atoms with Crippen LogP contribution in [0.5, 0.6) is 5.75 Å². The molecule has 0 aliphatic carbocycles. The molecule has 182 valence electrons. The largest absolute Gasteiger partial charge is 0.489 e. The van der Waals surface area contributed by atoms with Crippen LogP contribution in [0.1, 0.15) is 63.9 Å². The van der Waals surface area contributed by atoms with E-state index in [1.54, 1.807) is 0 Å². The first-order valence-electron chi connectivity index (χ1n) is 13.0. The lowest BCUT2D eigenvalue weighted by atomic mass is 10.1. The highest BCUT2D eigenvalue weighted by Gasteiger charge is 2.13. The number of ether oxygens (including phenoxy) is 1. The molecule has 1 aromatic heterocycles. The molecule has 0 aliphatic heterocycles. The zero-order chi connectivity index (χ0) is 24.3. The van der Waals surface area contributed by atoms with Crippen LogP contribution in [0.2, 0.25) is 0 Å². The summed E-state index contributed by atoms with van der Waals surface area (Å²) < 4.78 is 7.81. The number of fused-ring (bicyclic) bond motifs is 1. The second-order valence-corrected chi connectivity index (χ2v) is 9.18. The van der Waals surface area contributed by atoms with Crippen molar-refractivity contribution >= 4 is 10.9 Å². The van der Waals surface area contributed by atoms with Gasteiger partial charge in [-0.2, -0.15) is 0 Å². The molecule has 4 rings (SSSR count). The van der Waals surface area contributed by atoms with Crippen molar-refractivity contribution in [3.8, 4) is 17.1 Å². The standard InChI is InChI=1S/C31H36N2O2/c1-2-3-4-5-6-7-8-14-23-33-30(32-29-18-13-12-17-28(29)31(33)34)26-19-21-27(22-20-26)35-24-25-15-10-9-11-16-25/h9-13,15-22H,2-8,14,23-24H2,1H3. The number of unbranched alkanes of at least 4 members (excludes halogenated alkanes) is 7. The van der Waals surface area contributed by atoms with Gasteiger partial charge in [-0.25, -0.2) is 4.98 Å². The van der Waals surface area contributed by atoms with Gasteiger partial charge in [0.25, 0.3) is 5.56 Å². The third kappa shape index (κ3) is 6.82. The highest BCUT2D eigenvalue weighted by Crippen LogP contribution is 2.23. The number of benzene rings is 3. The monoisotopic (exact) mass is 468 g/mol. The summed E-state index contributed by atoms with van der Waals surface area (Å²) >= 11 is 0. The fraction of sp³-hybridized carbons (Fsp3) is 0.355. The number of rotatable bonds is 13. The molecule has 0 aliphatic rings. The van der Waals surface area contributed by atoms with Crippen LogP contribution in [0, 0.1) is 0 Å². The molecule has 0 N–H and O–H groups in total. The van der Waals surface area contributed by atoms with Crippen LogP contribution in [-0.2, 0) is 13.2 Å². The summed E-state index contributed by atoms with van der Waals surface area (Å²) in [5.41, 5.74) is 2.84. The SMILES string of the molecule is CCCCCCCCCCn1c(-c2ccc(OCc3ccccc3)cc2)nc2ccccc2c1=O. The first kappa shape index (κ1) is 24.7. The quantitative estimate of drug-likeness (QED) is 0.188. The number of hydrogen-bond acceptors (Lipinski definition) is 3. The molecule has 4 aromatic rings. The van der Waals surface area contributed by atoms with E-state index in [4.69, 9.17) is 9.72 Å². The molecule has 0 fully saturated rings. The molecule has 0 unspecified atom stereocenters. The van der Waals surface area contributed by atoms with E-state index in [1.807, 2.05) is 71.3 Å². The molecule has 0 atom stereocenters. The van der Waals surface area contributed by atoms with Crippen molar-refractivity contribution in [1.82, 2.24) is 9.55 Å². The van der Waals surface area contributed by atoms with Crippen LogP contribution in [0.3, 0.4) is 0 Å². The highest BCUT2D eigenvalue weighted by molar-refractivity contribution is 5.79. The van der Waals surface area contributed by atoms with Crippen molar-refractivity contribution in [3.05, 3.63) is 94.8 Å². The van der Waals surface area contributed by atoms with Gasteiger partial charge in [-0.1, -0.05) is 94.3 Å². The maximum absolute atomic E-state index is 13.4. The first-order valence-corrected chi connectivity index (χ1v) is 13.0. The van der Waals surface area contributed by atoms with E-state index in [9.17, 15) is 4.79 Å². The third-order valence-electron chi connectivity index (χ3n) is 6.46. The predicted octanol–water partition coefficient (Wildman–Crippen LogP) is 7.78. The number of nitrogens with zero attached hydrogens (tertiary/aromatic N) is 2. The van der Waals surface area contributed by atoms with Crippen molar-refractivity contribution < 1.29 is 4.74 Å².